The Morgan fingerprint density at radius 2 is 1.88 bits per heavy atom. The third-order valence-electron chi connectivity index (χ3n) is 2.22. The van der Waals surface area contributed by atoms with Crippen LogP contribution in [0.2, 0.25) is 0 Å². The zero-order valence-corrected chi connectivity index (χ0v) is 10.2. The van der Waals surface area contributed by atoms with Crippen LogP contribution >= 0.6 is 0 Å². The van der Waals surface area contributed by atoms with Crippen molar-refractivity contribution in [2.24, 2.45) is 0 Å². The number of carboxylic acid groups (broad SMARTS) is 1. The molecular formula is C13H16O4. The summed E-state index contributed by atoms with van der Waals surface area (Å²) in [7, 11) is 0. The maximum atomic E-state index is 11.7. The zero-order valence-electron chi connectivity index (χ0n) is 10.2. The normalized spacial score (nSPS) is 10.4. The molecule has 92 valence electrons. The standard InChI is InChI=1S/C13H16O4/c1-4-11(14)9-6-5-7-10(13(15)16)12(9)17-8(2)3/h5-8H,4H2,1-3H3,(H,15,16). The number of benzene rings is 1. The van der Waals surface area contributed by atoms with Crippen molar-refractivity contribution in [3.63, 3.8) is 0 Å². The summed E-state index contributed by atoms with van der Waals surface area (Å²) in [6.45, 7) is 5.31. The molecule has 0 aliphatic carbocycles. The number of ketones is 1. The molecule has 1 N–H and O–H groups in total. The Balaban J connectivity index is 3.33. The van der Waals surface area contributed by atoms with Crippen LogP contribution in [0.1, 0.15) is 47.9 Å². The van der Waals surface area contributed by atoms with E-state index in [1.54, 1.807) is 32.9 Å². The summed E-state index contributed by atoms with van der Waals surface area (Å²) in [6, 6.07) is 4.59. The van der Waals surface area contributed by atoms with Crippen LogP contribution in [-0.2, 0) is 0 Å². The lowest BCUT2D eigenvalue weighted by molar-refractivity contribution is 0.0690. The lowest BCUT2D eigenvalue weighted by Crippen LogP contribution is -2.13. The van der Waals surface area contributed by atoms with Crippen LogP contribution in [0, 0.1) is 0 Å². The van der Waals surface area contributed by atoms with Gasteiger partial charge in [-0.25, -0.2) is 4.79 Å². The molecule has 0 aliphatic rings. The van der Waals surface area contributed by atoms with Gasteiger partial charge in [0.1, 0.15) is 11.3 Å². The molecule has 0 saturated carbocycles. The molecule has 17 heavy (non-hydrogen) atoms. The second kappa shape index (κ2) is 5.48. The van der Waals surface area contributed by atoms with Crippen LogP contribution in [-0.4, -0.2) is 23.0 Å². The van der Waals surface area contributed by atoms with Crippen LogP contribution < -0.4 is 4.74 Å². The number of ether oxygens (including phenoxy) is 1. The molecule has 0 radical (unpaired) electrons. The Kier molecular flexibility index (Phi) is 4.26. The Hall–Kier alpha value is -1.84. The quantitative estimate of drug-likeness (QED) is 0.798. The molecule has 0 atom stereocenters. The molecule has 0 amide bonds. The van der Waals surface area contributed by atoms with Crippen LogP contribution in [0.3, 0.4) is 0 Å². The molecule has 4 nitrogen and oxygen atoms in total. The lowest BCUT2D eigenvalue weighted by Gasteiger charge is -2.15. The van der Waals surface area contributed by atoms with E-state index < -0.39 is 5.97 Å². The van der Waals surface area contributed by atoms with Gasteiger partial charge in [-0.15, -0.1) is 0 Å². The van der Waals surface area contributed by atoms with Crippen molar-refractivity contribution in [1.82, 2.24) is 0 Å². The van der Waals surface area contributed by atoms with Gasteiger partial charge in [0.25, 0.3) is 0 Å². The molecule has 0 saturated heterocycles. The lowest BCUT2D eigenvalue weighted by atomic mass is 10.0. The van der Waals surface area contributed by atoms with Gasteiger partial charge in [-0.2, -0.15) is 0 Å². The van der Waals surface area contributed by atoms with Crippen molar-refractivity contribution in [3.8, 4) is 5.75 Å². The molecule has 0 unspecified atom stereocenters. The second-order valence-corrected chi connectivity index (χ2v) is 3.93. The van der Waals surface area contributed by atoms with Crippen molar-refractivity contribution in [2.45, 2.75) is 33.3 Å². The van der Waals surface area contributed by atoms with Gasteiger partial charge in [-0.3, -0.25) is 4.79 Å². The predicted molar refractivity (Wildman–Crippen MR) is 63.8 cm³/mol. The second-order valence-electron chi connectivity index (χ2n) is 3.93. The van der Waals surface area contributed by atoms with E-state index in [1.807, 2.05) is 0 Å². The van der Waals surface area contributed by atoms with Crippen LogP contribution in [0.25, 0.3) is 0 Å². The van der Waals surface area contributed by atoms with Gasteiger partial charge in [0.15, 0.2) is 5.78 Å². The monoisotopic (exact) mass is 236 g/mol. The molecule has 0 heterocycles. The van der Waals surface area contributed by atoms with Crippen LogP contribution in [0.15, 0.2) is 18.2 Å². The minimum Gasteiger partial charge on any atom is -0.489 e. The van der Waals surface area contributed by atoms with Crippen LogP contribution in [0.4, 0.5) is 0 Å². The first kappa shape index (κ1) is 13.2. The highest BCUT2D eigenvalue weighted by Crippen LogP contribution is 2.26. The summed E-state index contributed by atoms with van der Waals surface area (Å²) in [6.07, 6.45) is 0.135. The number of Topliss-reactive ketones (excluding diaryl/α,β-unsaturated/α-hetero) is 1. The smallest absolute Gasteiger partial charge is 0.339 e. The highest BCUT2D eigenvalue weighted by Gasteiger charge is 2.19. The minimum absolute atomic E-state index is 0.0259. The molecule has 0 spiro atoms. The maximum absolute atomic E-state index is 11.7. The minimum atomic E-state index is -1.09. The number of aromatic carboxylic acids is 1. The first-order chi connectivity index (χ1) is 7.97. The average Bonchev–Trinajstić information content (AvgIpc) is 2.27. The fraction of sp³-hybridized carbons (Fsp3) is 0.385. The first-order valence-corrected chi connectivity index (χ1v) is 5.53. The maximum Gasteiger partial charge on any atom is 0.339 e. The van der Waals surface area contributed by atoms with E-state index in [0.29, 0.717) is 12.0 Å². The largest absolute Gasteiger partial charge is 0.489 e. The number of carbonyl (C=O) groups excluding carboxylic acids is 1. The van der Waals surface area contributed by atoms with Gasteiger partial charge in [-0.1, -0.05) is 13.0 Å². The SMILES string of the molecule is CCC(=O)c1cccc(C(=O)O)c1OC(C)C. The molecule has 0 bridgehead atoms. The van der Waals surface area contributed by atoms with E-state index in [9.17, 15) is 9.59 Å². The fourth-order valence-electron chi connectivity index (χ4n) is 1.48. The highest BCUT2D eigenvalue weighted by molar-refractivity contribution is 6.02. The molecule has 1 rings (SSSR count). The number of hydrogen-bond acceptors (Lipinski definition) is 3. The Labute approximate surface area is 100 Å². The van der Waals surface area contributed by atoms with Gasteiger partial charge in [0, 0.05) is 6.42 Å². The average molecular weight is 236 g/mol. The van der Waals surface area contributed by atoms with E-state index >= 15 is 0 Å². The first-order valence-electron chi connectivity index (χ1n) is 5.53. The molecule has 0 aliphatic heterocycles. The van der Waals surface area contributed by atoms with E-state index in [2.05, 4.69) is 0 Å². The third kappa shape index (κ3) is 3.06. The fourth-order valence-corrected chi connectivity index (χ4v) is 1.48. The van der Waals surface area contributed by atoms with Crippen molar-refractivity contribution in [2.75, 3.05) is 0 Å². The topological polar surface area (TPSA) is 63.6 Å². The summed E-state index contributed by atoms with van der Waals surface area (Å²) in [5.74, 6) is -1.04. The van der Waals surface area contributed by atoms with Crippen molar-refractivity contribution in [3.05, 3.63) is 29.3 Å². The van der Waals surface area contributed by atoms with E-state index in [1.165, 1.54) is 6.07 Å². The zero-order chi connectivity index (χ0) is 13.0. The number of rotatable bonds is 5. The van der Waals surface area contributed by atoms with E-state index in [-0.39, 0.29) is 23.2 Å². The number of carboxylic acids is 1. The molecule has 1 aromatic carbocycles. The summed E-state index contributed by atoms with van der Waals surface area (Å²) in [5.41, 5.74) is 0.360. The number of carbonyl (C=O) groups is 2. The number of para-hydroxylation sites is 1. The van der Waals surface area contributed by atoms with Gasteiger partial charge < -0.3 is 9.84 Å². The molecule has 4 heteroatoms. The van der Waals surface area contributed by atoms with Gasteiger partial charge >= 0.3 is 5.97 Å². The Morgan fingerprint density at radius 1 is 1.29 bits per heavy atom. The predicted octanol–water partition coefficient (Wildman–Crippen LogP) is 2.76. The summed E-state index contributed by atoms with van der Waals surface area (Å²) in [5, 5.41) is 9.07. The molecule has 1 aromatic rings. The Morgan fingerprint density at radius 3 is 2.35 bits per heavy atom. The van der Waals surface area contributed by atoms with Crippen molar-refractivity contribution in [1.29, 1.82) is 0 Å². The third-order valence-corrected chi connectivity index (χ3v) is 2.22. The summed E-state index contributed by atoms with van der Waals surface area (Å²) < 4.78 is 5.46. The van der Waals surface area contributed by atoms with E-state index in [0.717, 1.165) is 0 Å². The molecule has 0 aromatic heterocycles. The summed E-state index contributed by atoms with van der Waals surface area (Å²) >= 11 is 0. The van der Waals surface area contributed by atoms with Crippen LogP contribution in [0.5, 0.6) is 5.75 Å². The van der Waals surface area contributed by atoms with E-state index in [4.69, 9.17) is 9.84 Å². The molecular weight excluding hydrogens is 220 g/mol. The Bertz CT molecular complexity index is 435. The number of hydrogen-bond donors (Lipinski definition) is 1. The van der Waals surface area contributed by atoms with Gasteiger partial charge in [-0.05, 0) is 26.0 Å². The van der Waals surface area contributed by atoms with Gasteiger partial charge in [0.05, 0.1) is 11.7 Å². The summed E-state index contributed by atoms with van der Waals surface area (Å²) in [4.78, 5) is 22.8. The van der Waals surface area contributed by atoms with Gasteiger partial charge in [0.2, 0.25) is 0 Å². The van der Waals surface area contributed by atoms with Crippen molar-refractivity contribution >= 4 is 11.8 Å². The molecule has 0 fully saturated rings. The highest BCUT2D eigenvalue weighted by atomic mass is 16.5. The van der Waals surface area contributed by atoms with Crippen molar-refractivity contribution < 1.29 is 19.4 Å².